The van der Waals surface area contributed by atoms with E-state index in [2.05, 4.69) is 25.5 Å². The lowest BCUT2D eigenvalue weighted by molar-refractivity contribution is -0.125. The van der Waals surface area contributed by atoms with E-state index in [0.29, 0.717) is 34.3 Å². The minimum atomic E-state index is -0.296. The van der Waals surface area contributed by atoms with Gasteiger partial charge in [0.2, 0.25) is 11.8 Å². The van der Waals surface area contributed by atoms with E-state index in [-0.39, 0.29) is 29.8 Å². The van der Waals surface area contributed by atoms with Crippen LogP contribution in [-0.2, 0) is 16.1 Å². The van der Waals surface area contributed by atoms with Crippen LogP contribution in [0.2, 0.25) is 0 Å². The smallest absolute Gasteiger partial charge is 0.273 e. The number of carbonyl (C=O) groups is 2. The number of hydrogen-bond donors (Lipinski definition) is 2. The number of nitrogens with one attached hydrogen (secondary N) is 2. The number of fused-ring (bicyclic) bond motifs is 1. The topological polar surface area (TPSA) is 109 Å². The fourth-order valence-corrected chi connectivity index (χ4v) is 5.25. The molecule has 0 aliphatic carbocycles. The van der Waals surface area contributed by atoms with Gasteiger partial charge in [-0.1, -0.05) is 24.3 Å². The third-order valence-electron chi connectivity index (χ3n) is 5.80. The summed E-state index contributed by atoms with van der Waals surface area (Å²) in [6.07, 6.45) is 4.00. The van der Waals surface area contributed by atoms with Gasteiger partial charge < -0.3 is 15.5 Å². The summed E-state index contributed by atoms with van der Waals surface area (Å²) in [7, 11) is 0. The lowest BCUT2D eigenvalue weighted by atomic mass is 9.97. The van der Waals surface area contributed by atoms with Crippen LogP contribution in [0.15, 0.2) is 29.3 Å². The Morgan fingerprint density at radius 2 is 1.97 bits per heavy atom. The molecule has 1 fully saturated rings. The van der Waals surface area contributed by atoms with Crippen LogP contribution < -0.4 is 21.1 Å². The van der Waals surface area contributed by atoms with Gasteiger partial charge in [-0.2, -0.15) is 4.98 Å². The molecule has 0 unspecified atom stereocenters. The first kappa shape index (κ1) is 23.9. The van der Waals surface area contributed by atoms with E-state index in [0.717, 1.165) is 36.9 Å². The van der Waals surface area contributed by atoms with Crippen molar-refractivity contribution >= 4 is 44.3 Å². The molecule has 3 heterocycles. The average Bonchev–Trinajstić information content (AvgIpc) is 3.24. The number of aromatic nitrogens is 3. The van der Waals surface area contributed by atoms with Crippen molar-refractivity contribution in [2.45, 2.75) is 46.6 Å². The first-order chi connectivity index (χ1) is 16.3. The number of hydrogen-bond acceptors (Lipinski definition) is 7. The van der Waals surface area contributed by atoms with Gasteiger partial charge in [-0.05, 0) is 56.4 Å². The minimum Gasteiger partial charge on any atom is -0.356 e. The summed E-state index contributed by atoms with van der Waals surface area (Å²) in [5.74, 6) is -0.316. The highest BCUT2D eigenvalue weighted by Crippen LogP contribution is 2.29. The first-order valence-corrected chi connectivity index (χ1v) is 12.4. The zero-order chi connectivity index (χ0) is 24.2. The maximum absolute atomic E-state index is 13.0. The normalized spacial score (nSPS) is 16.0. The summed E-state index contributed by atoms with van der Waals surface area (Å²) in [6, 6.07) is 5.81. The molecule has 1 saturated heterocycles. The summed E-state index contributed by atoms with van der Waals surface area (Å²) < 4.78 is 1.72. The molecule has 180 valence electrons. The number of rotatable bonds is 7. The molecule has 3 aromatic rings. The molecule has 0 saturated carbocycles. The molecule has 0 radical (unpaired) electrons. The Hall–Kier alpha value is -3.27. The van der Waals surface area contributed by atoms with Gasteiger partial charge in [-0.15, -0.1) is 0 Å². The minimum absolute atomic E-state index is 0.0722. The number of nitrogens with zero attached hydrogens (tertiary/aromatic N) is 4. The molecule has 1 aliphatic heterocycles. The number of amides is 2. The van der Waals surface area contributed by atoms with Crippen LogP contribution in [0.5, 0.6) is 0 Å². The number of piperidine rings is 1. The molecular formula is C24H30N6O3S. The third-order valence-corrected chi connectivity index (χ3v) is 6.90. The van der Waals surface area contributed by atoms with E-state index < -0.39 is 0 Å². The Labute approximate surface area is 202 Å². The van der Waals surface area contributed by atoms with Gasteiger partial charge in [0.05, 0.1) is 5.92 Å². The molecule has 0 spiro atoms. The van der Waals surface area contributed by atoms with Gasteiger partial charge in [0.15, 0.2) is 10.8 Å². The highest BCUT2D eigenvalue weighted by Gasteiger charge is 2.27. The zero-order valence-electron chi connectivity index (χ0n) is 19.8. The van der Waals surface area contributed by atoms with Gasteiger partial charge in [0.1, 0.15) is 17.6 Å². The van der Waals surface area contributed by atoms with Crippen molar-refractivity contribution in [1.82, 2.24) is 19.9 Å². The molecular weight excluding hydrogens is 452 g/mol. The Morgan fingerprint density at radius 3 is 2.71 bits per heavy atom. The van der Waals surface area contributed by atoms with Crippen LogP contribution in [0.3, 0.4) is 0 Å². The van der Waals surface area contributed by atoms with Gasteiger partial charge in [-0.25, -0.2) is 4.98 Å². The summed E-state index contributed by atoms with van der Waals surface area (Å²) in [5.41, 5.74) is 2.88. The Morgan fingerprint density at radius 1 is 1.21 bits per heavy atom. The summed E-state index contributed by atoms with van der Waals surface area (Å²) in [6.45, 7) is 7.86. The molecule has 34 heavy (non-hydrogen) atoms. The second-order valence-electron chi connectivity index (χ2n) is 8.83. The zero-order valence-corrected chi connectivity index (χ0v) is 20.6. The largest absolute Gasteiger partial charge is 0.356 e. The van der Waals surface area contributed by atoms with Gasteiger partial charge in [-0.3, -0.25) is 19.0 Å². The molecule has 10 heteroatoms. The number of thiazole rings is 1. The summed E-state index contributed by atoms with van der Waals surface area (Å²) in [4.78, 5) is 48.9. The van der Waals surface area contributed by atoms with Crippen molar-refractivity contribution in [1.29, 1.82) is 0 Å². The lowest BCUT2D eigenvalue weighted by Gasteiger charge is -2.31. The maximum Gasteiger partial charge on any atom is 0.273 e. The van der Waals surface area contributed by atoms with Crippen LogP contribution >= 0.6 is 11.3 Å². The molecule has 1 aromatic carbocycles. The summed E-state index contributed by atoms with van der Waals surface area (Å²) in [5, 5.41) is 6.51. The standard InChI is InChI=1S/C24H30N6O3S/c1-4-7-25-22(32)17-6-5-8-29(12-17)24-28-21-20(34-24)23(33)30(14-26-21)13-19(31)27-18-10-15(2)9-16(3)11-18/h9-11,14,17H,4-8,12-13H2,1-3H3,(H,25,32)(H,27,31)/t17-/m1/s1. The van der Waals surface area contributed by atoms with Gasteiger partial charge in [0.25, 0.3) is 5.56 Å². The summed E-state index contributed by atoms with van der Waals surface area (Å²) >= 11 is 1.27. The quantitative estimate of drug-likeness (QED) is 0.536. The lowest BCUT2D eigenvalue weighted by Crippen LogP contribution is -2.43. The van der Waals surface area contributed by atoms with Crippen molar-refractivity contribution in [3.05, 3.63) is 46.0 Å². The number of anilines is 2. The van der Waals surface area contributed by atoms with E-state index >= 15 is 0 Å². The monoisotopic (exact) mass is 482 g/mol. The van der Waals surface area contributed by atoms with Crippen molar-refractivity contribution in [2.75, 3.05) is 29.9 Å². The van der Waals surface area contributed by atoms with E-state index in [1.807, 2.05) is 39.0 Å². The first-order valence-electron chi connectivity index (χ1n) is 11.6. The van der Waals surface area contributed by atoms with Crippen molar-refractivity contribution in [3.8, 4) is 0 Å². The van der Waals surface area contributed by atoms with Crippen LogP contribution in [0.1, 0.15) is 37.3 Å². The Balaban J connectivity index is 1.48. The average molecular weight is 483 g/mol. The van der Waals surface area contributed by atoms with E-state index in [1.54, 1.807) is 0 Å². The van der Waals surface area contributed by atoms with Crippen LogP contribution in [0, 0.1) is 19.8 Å². The number of carbonyl (C=O) groups excluding carboxylic acids is 2. The highest BCUT2D eigenvalue weighted by atomic mass is 32.1. The Bertz CT molecular complexity index is 1250. The van der Waals surface area contributed by atoms with Crippen LogP contribution in [-0.4, -0.2) is 46.0 Å². The molecule has 1 aliphatic rings. The van der Waals surface area contributed by atoms with Crippen molar-refractivity contribution in [3.63, 3.8) is 0 Å². The molecule has 2 aromatic heterocycles. The second-order valence-corrected chi connectivity index (χ2v) is 9.81. The van der Waals surface area contributed by atoms with Crippen molar-refractivity contribution in [2.24, 2.45) is 5.92 Å². The second kappa shape index (κ2) is 10.3. The number of aryl methyl sites for hydroxylation is 2. The Kier molecular flexibility index (Phi) is 7.26. The van der Waals surface area contributed by atoms with E-state index in [9.17, 15) is 14.4 Å². The third kappa shape index (κ3) is 5.44. The molecule has 0 bridgehead atoms. The van der Waals surface area contributed by atoms with Gasteiger partial charge >= 0.3 is 0 Å². The van der Waals surface area contributed by atoms with E-state index in [4.69, 9.17) is 0 Å². The molecule has 2 N–H and O–H groups in total. The molecule has 2 amide bonds. The fraction of sp³-hybridized carbons (Fsp3) is 0.458. The fourth-order valence-electron chi connectivity index (χ4n) is 4.24. The van der Waals surface area contributed by atoms with Crippen molar-refractivity contribution < 1.29 is 9.59 Å². The molecule has 1 atom stereocenters. The van der Waals surface area contributed by atoms with Gasteiger partial charge in [0, 0.05) is 25.3 Å². The predicted molar refractivity (Wildman–Crippen MR) is 134 cm³/mol. The maximum atomic E-state index is 13.0. The van der Waals surface area contributed by atoms with Crippen LogP contribution in [0.25, 0.3) is 10.3 Å². The predicted octanol–water partition coefficient (Wildman–Crippen LogP) is 2.85. The highest BCUT2D eigenvalue weighted by molar-refractivity contribution is 7.22. The van der Waals surface area contributed by atoms with Crippen LogP contribution in [0.4, 0.5) is 10.8 Å². The number of benzene rings is 1. The van der Waals surface area contributed by atoms with E-state index in [1.165, 1.54) is 22.2 Å². The SMILES string of the molecule is CCCNC(=O)[C@@H]1CCCN(c2nc3ncn(CC(=O)Nc4cc(C)cc(C)c4)c(=O)c3s2)C1. The molecule has 4 rings (SSSR count). The molecule has 9 nitrogen and oxygen atoms in total.